The van der Waals surface area contributed by atoms with E-state index < -0.39 is 12.6 Å². The van der Waals surface area contributed by atoms with Crippen LogP contribution in [-0.4, -0.2) is 130 Å². The van der Waals surface area contributed by atoms with Gasteiger partial charge in [0.05, 0.1) is 38.8 Å². The number of nitrogens with zero attached hydrogens (tertiary/aromatic N) is 6. The molecule has 4 aromatic rings. The van der Waals surface area contributed by atoms with Crippen molar-refractivity contribution in [3.8, 4) is 11.3 Å². The van der Waals surface area contributed by atoms with Crippen molar-refractivity contribution in [2.75, 3.05) is 58.3 Å². The van der Waals surface area contributed by atoms with E-state index in [1.54, 1.807) is 38.0 Å². The minimum atomic E-state index is -0.540. The summed E-state index contributed by atoms with van der Waals surface area (Å²) < 4.78 is 1.78. The standard InChI is InChI=1S/C47H61Cl2N9O6S/c1-54(2)23-10-13-41(62)58-31-14-16-38(58)47(64)57(28-31)43-17-15-32(65-43)18-21-50-39(60)11-8-6-4-3-5-7-9-12-40(61)51-22-26-56-25-20-37(53-56)33-27-35(48)45(49)46-44(33)34-29-55(42(63)30-59)24-19-36(34)52-46/h10,13,15,17,20,25,27,31,38,52,59H,3-9,11-12,14,16,18-19,21-24,26,28-30H2,1-2H3,(H,50,60)(H,51,61)/b13-10+. The van der Waals surface area contributed by atoms with Crippen molar-refractivity contribution in [1.29, 1.82) is 0 Å². The van der Waals surface area contributed by atoms with Crippen LogP contribution in [0.5, 0.6) is 0 Å². The molecule has 3 aromatic heterocycles. The van der Waals surface area contributed by atoms with Gasteiger partial charge in [0.15, 0.2) is 0 Å². The average molecular weight is 951 g/mol. The van der Waals surface area contributed by atoms with Crippen LogP contribution in [0, 0.1) is 0 Å². The molecule has 350 valence electrons. The lowest BCUT2D eigenvalue weighted by atomic mass is 9.99. The number of rotatable bonds is 22. The number of benzene rings is 1. The molecule has 0 radical (unpaired) electrons. The Balaban J connectivity index is 0.725. The molecular weight excluding hydrogens is 890 g/mol. The lowest BCUT2D eigenvalue weighted by Crippen LogP contribution is -2.58. The molecule has 3 aliphatic rings. The van der Waals surface area contributed by atoms with Gasteiger partial charge in [0, 0.05) is 97.9 Å². The van der Waals surface area contributed by atoms with Gasteiger partial charge < -0.3 is 35.4 Å². The molecule has 3 aliphatic heterocycles. The van der Waals surface area contributed by atoms with E-state index in [9.17, 15) is 29.1 Å². The first-order valence-electron chi connectivity index (χ1n) is 22.9. The predicted octanol–water partition coefficient (Wildman–Crippen LogP) is 6.09. The smallest absolute Gasteiger partial charge is 0.250 e. The Bertz CT molecular complexity index is 2380. The van der Waals surface area contributed by atoms with Crippen LogP contribution in [0.4, 0.5) is 5.00 Å². The van der Waals surface area contributed by atoms with Gasteiger partial charge in [-0.2, -0.15) is 5.10 Å². The number of aliphatic hydroxyl groups excluding tert-OH is 1. The maximum atomic E-state index is 13.4. The number of carbonyl (C=O) groups is 5. The predicted molar refractivity (Wildman–Crippen MR) is 255 cm³/mol. The largest absolute Gasteiger partial charge is 0.387 e. The number of halogens is 2. The average Bonchev–Trinajstić information content (AvgIpc) is 4.10. The van der Waals surface area contributed by atoms with Crippen molar-refractivity contribution >= 4 is 80.0 Å². The zero-order valence-electron chi connectivity index (χ0n) is 37.4. The molecule has 7 rings (SSSR count). The highest BCUT2D eigenvalue weighted by Crippen LogP contribution is 2.42. The number of piperazine rings is 1. The van der Waals surface area contributed by atoms with Gasteiger partial charge in [-0.15, -0.1) is 11.3 Å². The second kappa shape index (κ2) is 22.6. The Morgan fingerprint density at radius 1 is 0.985 bits per heavy atom. The number of carbonyl (C=O) groups excluding carboxylic acids is 5. The number of aliphatic hydroxyl groups is 1. The lowest BCUT2D eigenvalue weighted by Gasteiger charge is -2.39. The molecule has 65 heavy (non-hydrogen) atoms. The summed E-state index contributed by atoms with van der Waals surface area (Å²) in [5, 5.41) is 22.8. The summed E-state index contributed by atoms with van der Waals surface area (Å²) in [6.07, 6.45) is 15.9. The van der Waals surface area contributed by atoms with Crippen molar-refractivity contribution in [2.45, 2.75) is 109 Å². The third-order valence-corrected chi connectivity index (χ3v) is 14.5. The summed E-state index contributed by atoms with van der Waals surface area (Å²) in [6.45, 7) is 2.99. The lowest BCUT2D eigenvalue weighted by molar-refractivity contribution is -0.137. The van der Waals surface area contributed by atoms with Gasteiger partial charge >= 0.3 is 0 Å². The maximum absolute atomic E-state index is 13.4. The molecule has 5 amide bonds. The fraction of sp³-hybridized carbons (Fsp3) is 0.532. The molecular formula is C47H61Cl2N9O6S. The number of H-pyrrole nitrogens is 1. The quantitative estimate of drug-likeness (QED) is 0.0541. The minimum Gasteiger partial charge on any atom is -0.387 e. The Morgan fingerprint density at radius 3 is 2.43 bits per heavy atom. The van der Waals surface area contributed by atoms with Crippen LogP contribution in [0.2, 0.25) is 10.0 Å². The van der Waals surface area contributed by atoms with Crippen molar-refractivity contribution in [1.82, 2.24) is 40.1 Å². The monoisotopic (exact) mass is 949 g/mol. The van der Waals surface area contributed by atoms with Crippen molar-refractivity contribution < 1.29 is 29.1 Å². The van der Waals surface area contributed by atoms with Crippen LogP contribution in [0.3, 0.4) is 0 Å². The van der Waals surface area contributed by atoms with Crippen LogP contribution < -0.4 is 15.5 Å². The Kier molecular flexibility index (Phi) is 16.8. The van der Waals surface area contributed by atoms with Crippen LogP contribution in [0.1, 0.15) is 86.8 Å². The summed E-state index contributed by atoms with van der Waals surface area (Å²) in [6, 6.07) is 7.33. The molecule has 2 bridgehead atoms. The minimum absolute atomic E-state index is 0.0104. The number of likely N-dealkylation sites (N-methyl/N-ethyl adjacent to an activating group) is 1. The zero-order valence-corrected chi connectivity index (χ0v) is 39.7. The number of anilines is 1. The summed E-state index contributed by atoms with van der Waals surface area (Å²) in [4.78, 5) is 75.4. The van der Waals surface area contributed by atoms with E-state index in [4.69, 9.17) is 28.3 Å². The first kappa shape index (κ1) is 48.2. The van der Waals surface area contributed by atoms with E-state index in [1.807, 2.05) is 54.4 Å². The molecule has 2 fully saturated rings. The zero-order chi connectivity index (χ0) is 46.0. The molecule has 18 heteroatoms. The Hall–Kier alpha value is -4.74. The van der Waals surface area contributed by atoms with Crippen LogP contribution >= 0.6 is 34.5 Å². The second-order valence-electron chi connectivity index (χ2n) is 17.5. The van der Waals surface area contributed by atoms with Gasteiger partial charge in [0.25, 0.3) is 0 Å². The van der Waals surface area contributed by atoms with Crippen molar-refractivity contribution in [2.24, 2.45) is 0 Å². The Labute approximate surface area is 394 Å². The first-order valence-corrected chi connectivity index (χ1v) is 24.5. The molecule has 1 aromatic carbocycles. The number of aromatic nitrogens is 3. The molecule has 0 spiro atoms. The first-order chi connectivity index (χ1) is 31.4. The SMILES string of the molecule is CN(C)C/C=C/C(=O)N1C2CCC1C(=O)N(c1ccc(CCNC(=O)CCCCCCCCCC(=O)NCCn3ccc(-c4cc(Cl)c(Cl)c5[nH]c6c(c45)CN(C(=O)CO)CC6)n3)s1)C2. The van der Waals surface area contributed by atoms with E-state index >= 15 is 0 Å². The number of thiophene rings is 1. The van der Waals surface area contributed by atoms with E-state index in [-0.39, 0.29) is 35.6 Å². The van der Waals surface area contributed by atoms with Gasteiger partial charge in [-0.3, -0.25) is 33.6 Å². The van der Waals surface area contributed by atoms with E-state index in [0.29, 0.717) is 99.2 Å². The van der Waals surface area contributed by atoms with Gasteiger partial charge in [-0.05, 0) is 70.5 Å². The van der Waals surface area contributed by atoms with Crippen molar-refractivity contribution in [3.05, 3.63) is 68.8 Å². The maximum Gasteiger partial charge on any atom is 0.250 e. The topological polar surface area (TPSA) is 176 Å². The van der Waals surface area contributed by atoms with Crippen molar-refractivity contribution in [3.63, 3.8) is 0 Å². The van der Waals surface area contributed by atoms with Gasteiger partial charge in [0.1, 0.15) is 12.6 Å². The molecule has 0 aliphatic carbocycles. The second-order valence-corrected chi connectivity index (χ2v) is 19.4. The highest BCUT2D eigenvalue weighted by molar-refractivity contribution is 7.16. The fourth-order valence-electron chi connectivity index (χ4n) is 9.16. The summed E-state index contributed by atoms with van der Waals surface area (Å²) in [7, 11) is 3.90. The summed E-state index contributed by atoms with van der Waals surface area (Å²) >= 11 is 14.7. The molecule has 15 nitrogen and oxygen atoms in total. The number of amides is 5. The normalized spacial score (nSPS) is 17.2. The third kappa shape index (κ3) is 12.0. The van der Waals surface area contributed by atoms with E-state index in [2.05, 4.69) is 15.6 Å². The molecule has 4 N–H and O–H groups in total. The molecule has 0 saturated carbocycles. The summed E-state index contributed by atoms with van der Waals surface area (Å²) in [5.74, 6) is -0.341. The molecule has 2 unspecified atom stereocenters. The van der Waals surface area contributed by atoms with Crippen LogP contribution in [0.15, 0.2) is 42.6 Å². The number of unbranched alkanes of at least 4 members (excludes halogenated alkanes) is 6. The van der Waals surface area contributed by atoms with Gasteiger partial charge in [-0.1, -0.05) is 61.4 Å². The number of hydrogen-bond donors (Lipinski definition) is 4. The number of nitrogens with one attached hydrogen (secondary N) is 3. The molecule has 6 heterocycles. The number of aromatic amines is 1. The highest BCUT2D eigenvalue weighted by Gasteiger charge is 2.47. The van der Waals surface area contributed by atoms with Crippen LogP contribution in [-0.2, 0) is 49.9 Å². The summed E-state index contributed by atoms with van der Waals surface area (Å²) in [5.41, 5.74) is 4.12. The molecule has 2 saturated heterocycles. The Morgan fingerprint density at radius 2 is 1.71 bits per heavy atom. The highest BCUT2D eigenvalue weighted by atomic mass is 35.5. The van der Waals surface area contributed by atoms with Gasteiger partial charge in [0.2, 0.25) is 29.5 Å². The molecule has 2 atom stereocenters. The number of fused-ring (bicyclic) bond motifs is 5. The number of hydrogen-bond acceptors (Lipinski definition) is 9. The fourth-order valence-corrected chi connectivity index (χ4v) is 10.6. The van der Waals surface area contributed by atoms with Crippen LogP contribution in [0.25, 0.3) is 22.2 Å². The van der Waals surface area contributed by atoms with E-state index in [1.165, 1.54) is 0 Å². The van der Waals surface area contributed by atoms with Gasteiger partial charge in [-0.25, -0.2) is 0 Å². The van der Waals surface area contributed by atoms with E-state index in [0.717, 1.165) is 83.5 Å². The third-order valence-electron chi connectivity index (χ3n) is 12.6.